The van der Waals surface area contributed by atoms with E-state index in [9.17, 15) is 5.11 Å². The average Bonchev–Trinajstić information content (AvgIpc) is 2.84. The predicted octanol–water partition coefficient (Wildman–Crippen LogP) is 2.19. The van der Waals surface area contributed by atoms with Crippen LogP contribution in [-0.4, -0.2) is 36.2 Å². The summed E-state index contributed by atoms with van der Waals surface area (Å²) in [5, 5.41) is 13.2. The van der Waals surface area contributed by atoms with Gasteiger partial charge in [-0.25, -0.2) is 0 Å². The molecule has 0 saturated carbocycles. The summed E-state index contributed by atoms with van der Waals surface area (Å²) in [5.74, 6) is 0.427. The minimum absolute atomic E-state index is 0.427. The second-order valence-electron chi connectivity index (χ2n) is 5.30. The third-order valence-corrected chi connectivity index (χ3v) is 3.68. The van der Waals surface area contributed by atoms with Crippen LogP contribution in [0.2, 0.25) is 0 Å². The zero-order valence-electron chi connectivity index (χ0n) is 11.5. The van der Waals surface area contributed by atoms with Crippen molar-refractivity contribution in [1.82, 2.24) is 10.2 Å². The normalized spacial score (nSPS) is 16.3. The zero-order valence-corrected chi connectivity index (χ0v) is 11.5. The fourth-order valence-electron chi connectivity index (χ4n) is 2.62. The molecular formula is C15H24N2O. The Morgan fingerprint density at radius 1 is 1.17 bits per heavy atom. The van der Waals surface area contributed by atoms with Crippen LogP contribution in [0.25, 0.3) is 0 Å². The van der Waals surface area contributed by atoms with Crippen molar-refractivity contribution in [1.29, 1.82) is 0 Å². The molecule has 0 atom stereocenters. The molecule has 1 aromatic rings. The first-order chi connectivity index (χ1) is 8.66. The molecule has 1 heterocycles. The van der Waals surface area contributed by atoms with Gasteiger partial charge in [0.2, 0.25) is 0 Å². The van der Waals surface area contributed by atoms with E-state index >= 15 is 0 Å². The Kier molecular flexibility index (Phi) is 4.61. The number of hydrogen-bond donors (Lipinski definition) is 2. The molecule has 0 radical (unpaired) electrons. The van der Waals surface area contributed by atoms with Crippen molar-refractivity contribution < 1.29 is 5.11 Å². The van der Waals surface area contributed by atoms with Crippen molar-refractivity contribution in [3.8, 4) is 5.75 Å². The number of nitrogens with one attached hydrogen (secondary N) is 1. The lowest BCUT2D eigenvalue weighted by Gasteiger charge is -2.15. The van der Waals surface area contributed by atoms with Crippen molar-refractivity contribution in [2.75, 3.05) is 26.2 Å². The van der Waals surface area contributed by atoms with Crippen LogP contribution in [0.1, 0.15) is 29.5 Å². The predicted molar refractivity (Wildman–Crippen MR) is 75.0 cm³/mol. The van der Waals surface area contributed by atoms with Crippen LogP contribution in [0.5, 0.6) is 5.75 Å². The van der Waals surface area contributed by atoms with Gasteiger partial charge < -0.3 is 15.3 Å². The molecule has 0 aliphatic carbocycles. The third kappa shape index (κ3) is 3.47. The Hall–Kier alpha value is -1.06. The van der Waals surface area contributed by atoms with Gasteiger partial charge in [0.25, 0.3) is 0 Å². The number of phenolic OH excluding ortho intramolecular Hbond substituents is 1. The summed E-state index contributed by atoms with van der Waals surface area (Å²) in [7, 11) is 0. The van der Waals surface area contributed by atoms with Crippen LogP contribution in [0, 0.1) is 13.8 Å². The molecule has 3 heteroatoms. The minimum Gasteiger partial charge on any atom is -0.507 e. The molecule has 3 nitrogen and oxygen atoms in total. The monoisotopic (exact) mass is 248 g/mol. The number of aryl methyl sites for hydroxylation is 2. The summed E-state index contributed by atoms with van der Waals surface area (Å²) in [6, 6.07) is 4.12. The van der Waals surface area contributed by atoms with Gasteiger partial charge in [-0.05, 0) is 56.5 Å². The molecule has 0 aromatic heterocycles. The van der Waals surface area contributed by atoms with E-state index in [1.165, 1.54) is 31.5 Å². The first-order valence-electron chi connectivity index (χ1n) is 6.89. The second kappa shape index (κ2) is 6.21. The van der Waals surface area contributed by atoms with Crippen LogP contribution < -0.4 is 5.32 Å². The highest BCUT2D eigenvalue weighted by molar-refractivity contribution is 5.42. The van der Waals surface area contributed by atoms with Crippen molar-refractivity contribution in [2.45, 2.75) is 33.2 Å². The van der Waals surface area contributed by atoms with E-state index in [0.29, 0.717) is 5.75 Å². The zero-order chi connectivity index (χ0) is 13.0. The molecule has 0 unspecified atom stereocenters. The number of hydrogen-bond acceptors (Lipinski definition) is 3. The molecule has 2 N–H and O–H groups in total. The number of aromatic hydroxyl groups is 1. The van der Waals surface area contributed by atoms with Gasteiger partial charge in [-0.15, -0.1) is 0 Å². The molecule has 100 valence electrons. The Labute approximate surface area is 110 Å². The van der Waals surface area contributed by atoms with Crippen LogP contribution in [0.4, 0.5) is 0 Å². The lowest BCUT2D eigenvalue weighted by Crippen LogP contribution is -2.29. The van der Waals surface area contributed by atoms with Gasteiger partial charge >= 0.3 is 0 Å². The molecule has 0 amide bonds. The van der Waals surface area contributed by atoms with Crippen LogP contribution in [-0.2, 0) is 6.54 Å². The Balaban J connectivity index is 1.76. The van der Waals surface area contributed by atoms with Crippen LogP contribution >= 0.6 is 0 Å². The van der Waals surface area contributed by atoms with Crippen molar-refractivity contribution in [3.63, 3.8) is 0 Å². The smallest absolute Gasteiger partial charge is 0.121 e. The number of likely N-dealkylation sites (tertiary alicyclic amines) is 1. The summed E-state index contributed by atoms with van der Waals surface area (Å²) in [6.07, 6.45) is 2.71. The molecule has 18 heavy (non-hydrogen) atoms. The van der Waals surface area contributed by atoms with Gasteiger partial charge in [-0.1, -0.05) is 12.1 Å². The van der Waals surface area contributed by atoms with E-state index in [-0.39, 0.29) is 0 Å². The topological polar surface area (TPSA) is 35.5 Å². The third-order valence-electron chi connectivity index (χ3n) is 3.68. The lowest BCUT2D eigenvalue weighted by atomic mass is 10.1. The van der Waals surface area contributed by atoms with E-state index in [0.717, 1.165) is 30.8 Å². The quantitative estimate of drug-likeness (QED) is 0.784. The molecule has 0 bridgehead atoms. The van der Waals surface area contributed by atoms with E-state index in [1.807, 2.05) is 13.8 Å². The SMILES string of the molecule is Cc1cc(CNCCN2CCCC2)cc(C)c1O. The Bertz CT molecular complexity index is 374. The fourth-order valence-corrected chi connectivity index (χ4v) is 2.62. The molecule has 1 aliphatic rings. The maximum Gasteiger partial charge on any atom is 0.121 e. The van der Waals surface area contributed by atoms with Gasteiger partial charge in [-0.2, -0.15) is 0 Å². The van der Waals surface area contributed by atoms with Crippen molar-refractivity contribution in [3.05, 3.63) is 28.8 Å². The summed E-state index contributed by atoms with van der Waals surface area (Å²) in [6.45, 7) is 9.51. The summed E-state index contributed by atoms with van der Waals surface area (Å²) < 4.78 is 0. The largest absolute Gasteiger partial charge is 0.507 e. The summed E-state index contributed by atoms with van der Waals surface area (Å²) in [5.41, 5.74) is 3.18. The van der Waals surface area contributed by atoms with Crippen LogP contribution in [0.3, 0.4) is 0 Å². The van der Waals surface area contributed by atoms with E-state index in [2.05, 4.69) is 22.3 Å². The van der Waals surface area contributed by atoms with E-state index < -0.39 is 0 Å². The highest BCUT2D eigenvalue weighted by Gasteiger charge is 2.10. The second-order valence-corrected chi connectivity index (χ2v) is 5.30. The Morgan fingerprint density at radius 3 is 2.39 bits per heavy atom. The first kappa shape index (κ1) is 13.4. The molecule has 1 aromatic carbocycles. The highest BCUT2D eigenvalue weighted by Crippen LogP contribution is 2.22. The van der Waals surface area contributed by atoms with Gasteiger partial charge in [0.1, 0.15) is 5.75 Å². The van der Waals surface area contributed by atoms with Crippen molar-refractivity contribution in [2.24, 2.45) is 0 Å². The highest BCUT2D eigenvalue weighted by atomic mass is 16.3. The lowest BCUT2D eigenvalue weighted by molar-refractivity contribution is 0.335. The maximum absolute atomic E-state index is 9.72. The molecule has 1 fully saturated rings. The molecular weight excluding hydrogens is 224 g/mol. The molecule has 1 aliphatic heterocycles. The number of phenols is 1. The minimum atomic E-state index is 0.427. The van der Waals surface area contributed by atoms with E-state index in [1.54, 1.807) is 0 Å². The fraction of sp³-hybridized carbons (Fsp3) is 0.600. The number of benzene rings is 1. The Morgan fingerprint density at radius 2 is 1.78 bits per heavy atom. The summed E-state index contributed by atoms with van der Waals surface area (Å²) >= 11 is 0. The van der Waals surface area contributed by atoms with Gasteiger partial charge in [-0.3, -0.25) is 0 Å². The standard InChI is InChI=1S/C15H24N2O/c1-12-9-14(10-13(2)15(12)18)11-16-5-8-17-6-3-4-7-17/h9-10,16,18H,3-8,11H2,1-2H3. The molecule has 2 rings (SSSR count). The van der Waals surface area contributed by atoms with E-state index in [4.69, 9.17) is 0 Å². The molecule has 1 saturated heterocycles. The maximum atomic E-state index is 9.72. The summed E-state index contributed by atoms with van der Waals surface area (Å²) in [4.78, 5) is 2.51. The number of rotatable bonds is 5. The first-order valence-corrected chi connectivity index (χ1v) is 6.89. The number of nitrogens with zero attached hydrogens (tertiary/aromatic N) is 1. The van der Waals surface area contributed by atoms with Gasteiger partial charge in [0, 0.05) is 19.6 Å². The molecule has 0 spiro atoms. The van der Waals surface area contributed by atoms with Crippen molar-refractivity contribution >= 4 is 0 Å². The van der Waals surface area contributed by atoms with Gasteiger partial charge in [0.05, 0.1) is 0 Å². The average molecular weight is 248 g/mol. The van der Waals surface area contributed by atoms with Crippen LogP contribution in [0.15, 0.2) is 12.1 Å². The van der Waals surface area contributed by atoms with Gasteiger partial charge in [0.15, 0.2) is 0 Å².